The Morgan fingerprint density at radius 2 is 2.10 bits per heavy atom. The van der Waals surface area contributed by atoms with E-state index in [0.717, 1.165) is 0 Å². The zero-order valence-electron chi connectivity index (χ0n) is 11.4. The minimum absolute atomic E-state index is 0.101. The molecule has 2 heterocycles. The second-order valence-corrected chi connectivity index (χ2v) is 4.14. The predicted molar refractivity (Wildman–Crippen MR) is 71.9 cm³/mol. The molecule has 0 aliphatic carbocycles. The molecule has 2 aromatic heterocycles. The van der Waals surface area contributed by atoms with Crippen LogP contribution in [0.3, 0.4) is 0 Å². The SMILES string of the molecule is CCN(CC)C(=O)Cn1c(-c2ccccn2)noc1=O. The summed E-state index contributed by atoms with van der Waals surface area (Å²) in [6, 6.07) is 5.24. The third-order valence-corrected chi connectivity index (χ3v) is 2.99. The monoisotopic (exact) mass is 276 g/mol. The maximum Gasteiger partial charge on any atom is 0.442 e. The minimum atomic E-state index is -0.661. The van der Waals surface area contributed by atoms with E-state index in [1.807, 2.05) is 13.8 Å². The molecule has 1 amide bonds. The molecule has 0 saturated carbocycles. The Morgan fingerprint density at radius 3 is 2.70 bits per heavy atom. The van der Waals surface area contributed by atoms with Crippen molar-refractivity contribution in [1.82, 2.24) is 19.6 Å². The van der Waals surface area contributed by atoms with Gasteiger partial charge in [-0.1, -0.05) is 11.2 Å². The van der Waals surface area contributed by atoms with Crippen LogP contribution in [0.4, 0.5) is 0 Å². The van der Waals surface area contributed by atoms with Crippen LogP contribution in [0, 0.1) is 0 Å². The van der Waals surface area contributed by atoms with Crippen molar-refractivity contribution in [3.8, 4) is 11.5 Å². The largest absolute Gasteiger partial charge is 0.442 e. The first-order chi connectivity index (χ1) is 9.67. The van der Waals surface area contributed by atoms with E-state index in [1.165, 1.54) is 4.57 Å². The maximum absolute atomic E-state index is 12.1. The predicted octanol–water partition coefficient (Wildman–Crippen LogP) is 0.767. The van der Waals surface area contributed by atoms with E-state index in [0.29, 0.717) is 18.8 Å². The second-order valence-electron chi connectivity index (χ2n) is 4.14. The average Bonchev–Trinajstić information content (AvgIpc) is 2.82. The van der Waals surface area contributed by atoms with Crippen molar-refractivity contribution in [1.29, 1.82) is 0 Å². The summed E-state index contributed by atoms with van der Waals surface area (Å²) in [7, 11) is 0. The second kappa shape index (κ2) is 6.14. The van der Waals surface area contributed by atoms with Crippen molar-refractivity contribution >= 4 is 5.91 Å². The molecule has 106 valence electrons. The quantitative estimate of drug-likeness (QED) is 0.805. The lowest BCUT2D eigenvalue weighted by atomic mass is 10.3. The van der Waals surface area contributed by atoms with E-state index in [2.05, 4.69) is 14.7 Å². The molecule has 0 aliphatic heterocycles. The fraction of sp³-hybridized carbons (Fsp3) is 0.385. The molecule has 0 radical (unpaired) electrons. The van der Waals surface area contributed by atoms with Crippen LogP contribution < -0.4 is 5.76 Å². The number of pyridine rings is 1. The normalized spacial score (nSPS) is 10.5. The number of nitrogens with zero attached hydrogens (tertiary/aromatic N) is 4. The van der Waals surface area contributed by atoms with E-state index in [1.54, 1.807) is 29.3 Å². The molecule has 7 heteroatoms. The van der Waals surface area contributed by atoms with Crippen LogP contribution in [0.15, 0.2) is 33.7 Å². The number of rotatable bonds is 5. The molecule has 0 bridgehead atoms. The highest BCUT2D eigenvalue weighted by molar-refractivity contribution is 5.76. The summed E-state index contributed by atoms with van der Waals surface area (Å²) in [5.41, 5.74) is 0.491. The van der Waals surface area contributed by atoms with Gasteiger partial charge in [-0.05, 0) is 26.0 Å². The van der Waals surface area contributed by atoms with Crippen LogP contribution in [-0.2, 0) is 11.3 Å². The number of aromatic nitrogens is 3. The molecular formula is C13H16N4O3. The molecule has 20 heavy (non-hydrogen) atoms. The zero-order chi connectivity index (χ0) is 14.5. The van der Waals surface area contributed by atoms with Crippen LogP contribution in [0.2, 0.25) is 0 Å². The van der Waals surface area contributed by atoms with Gasteiger partial charge in [-0.3, -0.25) is 14.3 Å². The van der Waals surface area contributed by atoms with Gasteiger partial charge in [0, 0.05) is 19.3 Å². The third kappa shape index (κ3) is 2.76. The third-order valence-electron chi connectivity index (χ3n) is 2.99. The van der Waals surface area contributed by atoms with Gasteiger partial charge in [0.2, 0.25) is 11.7 Å². The van der Waals surface area contributed by atoms with Crippen LogP contribution in [0.25, 0.3) is 11.5 Å². The Labute approximate surface area is 115 Å². The fourth-order valence-electron chi connectivity index (χ4n) is 1.90. The highest BCUT2D eigenvalue weighted by Gasteiger charge is 2.18. The first-order valence-electron chi connectivity index (χ1n) is 6.43. The van der Waals surface area contributed by atoms with Gasteiger partial charge < -0.3 is 4.90 Å². The van der Waals surface area contributed by atoms with Crippen LogP contribution in [0.5, 0.6) is 0 Å². The average molecular weight is 276 g/mol. The van der Waals surface area contributed by atoms with Crippen LogP contribution >= 0.6 is 0 Å². The summed E-state index contributed by atoms with van der Waals surface area (Å²) in [4.78, 5) is 29.5. The topological polar surface area (TPSA) is 81.2 Å². The lowest BCUT2D eigenvalue weighted by molar-refractivity contribution is -0.131. The lowest BCUT2D eigenvalue weighted by Gasteiger charge is -2.18. The number of carbonyl (C=O) groups is 1. The summed E-state index contributed by atoms with van der Waals surface area (Å²) >= 11 is 0. The first kappa shape index (κ1) is 14.0. The molecule has 0 atom stereocenters. The van der Waals surface area contributed by atoms with Gasteiger partial charge in [0.05, 0.1) is 0 Å². The fourth-order valence-corrected chi connectivity index (χ4v) is 1.90. The summed E-state index contributed by atoms with van der Waals surface area (Å²) in [5, 5.41) is 3.69. The molecule has 7 nitrogen and oxygen atoms in total. The molecular weight excluding hydrogens is 260 g/mol. The number of hydrogen-bond donors (Lipinski definition) is 0. The zero-order valence-corrected chi connectivity index (χ0v) is 11.4. The Hall–Kier alpha value is -2.44. The van der Waals surface area contributed by atoms with Crippen molar-refractivity contribution < 1.29 is 9.32 Å². The standard InChI is InChI=1S/C13H16N4O3/c1-3-16(4-2)11(18)9-17-12(15-20-13(17)19)10-7-5-6-8-14-10/h5-8H,3-4,9H2,1-2H3. The Kier molecular flexibility index (Phi) is 4.29. The maximum atomic E-state index is 12.1. The van der Waals surface area contributed by atoms with Crippen molar-refractivity contribution in [2.24, 2.45) is 0 Å². The number of likely N-dealkylation sites (N-methyl/N-ethyl adjacent to an activating group) is 1. The number of hydrogen-bond acceptors (Lipinski definition) is 5. The molecule has 0 fully saturated rings. The van der Waals surface area contributed by atoms with Gasteiger partial charge in [0.25, 0.3) is 0 Å². The molecule has 2 rings (SSSR count). The number of amides is 1. The summed E-state index contributed by atoms with van der Waals surface area (Å²) in [6.07, 6.45) is 1.59. The molecule has 0 spiro atoms. The molecule has 0 saturated heterocycles. The van der Waals surface area contributed by atoms with Gasteiger partial charge in [0.15, 0.2) is 0 Å². The van der Waals surface area contributed by atoms with Crippen molar-refractivity contribution in [2.45, 2.75) is 20.4 Å². The van der Waals surface area contributed by atoms with E-state index in [9.17, 15) is 9.59 Å². The summed E-state index contributed by atoms with van der Waals surface area (Å²) in [6.45, 7) is 4.85. The highest BCUT2D eigenvalue weighted by atomic mass is 16.5. The Morgan fingerprint density at radius 1 is 1.35 bits per heavy atom. The highest BCUT2D eigenvalue weighted by Crippen LogP contribution is 2.11. The van der Waals surface area contributed by atoms with Gasteiger partial charge in [-0.15, -0.1) is 0 Å². The molecule has 0 aromatic carbocycles. The van der Waals surface area contributed by atoms with Crippen molar-refractivity contribution in [3.63, 3.8) is 0 Å². The van der Waals surface area contributed by atoms with Gasteiger partial charge in [-0.2, -0.15) is 0 Å². The van der Waals surface area contributed by atoms with E-state index in [4.69, 9.17) is 0 Å². The van der Waals surface area contributed by atoms with E-state index >= 15 is 0 Å². The Bertz CT molecular complexity index is 629. The first-order valence-corrected chi connectivity index (χ1v) is 6.43. The van der Waals surface area contributed by atoms with Gasteiger partial charge in [0.1, 0.15) is 12.2 Å². The summed E-state index contributed by atoms with van der Waals surface area (Å²) in [5.74, 6) is -0.556. The lowest BCUT2D eigenvalue weighted by Crippen LogP contribution is -2.35. The van der Waals surface area contributed by atoms with Gasteiger partial charge >= 0.3 is 5.76 Å². The van der Waals surface area contributed by atoms with E-state index in [-0.39, 0.29) is 18.3 Å². The van der Waals surface area contributed by atoms with Crippen molar-refractivity contribution in [3.05, 3.63) is 34.9 Å². The van der Waals surface area contributed by atoms with E-state index < -0.39 is 5.76 Å². The van der Waals surface area contributed by atoms with Crippen LogP contribution in [-0.4, -0.2) is 38.6 Å². The van der Waals surface area contributed by atoms with Crippen LogP contribution in [0.1, 0.15) is 13.8 Å². The Balaban J connectivity index is 2.31. The van der Waals surface area contributed by atoms with Crippen molar-refractivity contribution in [2.75, 3.05) is 13.1 Å². The number of carbonyl (C=O) groups excluding carboxylic acids is 1. The minimum Gasteiger partial charge on any atom is -0.342 e. The molecule has 0 aliphatic rings. The molecule has 2 aromatic rings. The smallest absolute Gasteiger partial charge is 0.342 e. The molecule has 0 unspecified atom stereocenters. The summed E-state index contributed by atoms with van der Waals surface area (Å²) < 4.78 is 5.84. The molecule has 0 N–H and O–H groups in total. The van der Waals surface area contributed by atoms with Gasteiger partial charge in [-0.25, -0.2) is 9.36 Å².